The Labute approximate surface area is 188 Å². The van der Waals surface area contributed by atoms with Crippen LogP contribution in [0.4, 0.5) is 11.5 Å². The number of benzene rings is 1. The average molecular weight is 484 g/mol. The fraction of sp³-hybridized carbons (Fsp3) is 0.227. The molecule has 154 valence electrons. The van der Waals surface area contributed by atoms with Gasteiger partial charge in [-0.1, -0.05) is 27.7 Å². The van der Waals surface area contributed by atoms with Gasteiger partial charge in [0.15, 0.2) is 0 Å². The lowest BCUT2D eigenvalue weighted by Gasteiger charge is -2.33. The number of carbonyl (C=O) groups is 1. The normalized spacial score (nSPS) is 14.5. The maximum Gasteiger partial charge on any atom is 0.258 e. The van der Waals surface area contributed by atoms with Gasteiger partial charge in [0.2, 0.25) is 0 Å². The highest BCUT2D eigenvalue weighted by Crippen LogP contribution is 2.30. The maximum absolute atomic E-state index is 12.9. The number of nitrogens with zero attached hydrogens (tertiary/aromatic N) is 4. The fourth-order valence-corrected chi connectivity index (χ4v) is 4.28. The molecule has 4 rings (SSSR count). The predicted molar refractivity (Wildman–Crippen MR) is 124 cm³/mol. The molecule has 1 aliphatic rings. The topological polar surface area (TPSA) is 61.4 Å². The summed E-state index contributed by atoms with van der Waals surface area (Å²) in [6.45, 7) is 3.98. The number of hydrogen-bond donors (Lipinski definition) is 1. The van der Waals surface area contributed by atoms with Gasteiger partial charge in [0, 0.05) is 41.7 Å². The number of anilines is 2. The minimum Gasteiger partial charge on any atom is -0.354 e. The number of carbonyl (C=O) groups excluding carboxylic acids is 1. The van der Waals surface area contributed by atoms with E-state index >= 15 is 0 Å². The van der Waals surface area contributed by atoms with Gasteiger partial charge >= 0.3 is 0 Å². The third kappa shape index (κ3) is 5.19. The number of nitrogens with one attached hydrogen (secondary N) is 1. The van der Waals surface area contributed by atoms with Gasteiger partial charge in [-0.3, -0.25) is 4.79 Å². The largest absolute Gasteiger partial charge is 0.354 e. The Morgan fingerprint density at radius 3 is 2.50 bits per heavy atom. The zero-order chi connectivity index (χ0) is 20.9. The van der Waals surface area contributed by atoms with Crippen molar-refractivity contribution in [3.05, 3.63) is 71.0 Å². The van der Waals surface area contributed by atoms with E-state index in [1.54, 1.807) is 24.5 Å². The van der Waals surface area contributed by atoms with Crippen molar-refractivity contribution in [2.45, 2.75) is 9.92 Å². The highest BCUT2D eigenvalue weighted by Gasteiger charge is 2.16. The van der Waals surface area contributed by atoms with Crippen molar-refractivity contribution in [1.82, 2.24) is 14.9 Å². The van der Waals surface area contributed by atoms with Crippen molar-refractivity contribution in [1.29, 1.82) is 0 Å². The molecule has 3 aromatic rings. The molecule has 1 fully saturated rings. The Bertz CT molecular complexity index is 1000. The van der Waals surface area contributed by atoms with Crippen molar-refractivity contribution in [3.63, 3.8) is 0 Å². The van der Waals surface area contributed by atoms with E-state index in [0.717, 1.165) is 41.4 Å². The Hall–Kier alpha value is -2.42. The number of amides is 1. The summed E-state index contributed by atoms with van der Waals surface area (Å²) in [5, 5.41) is 3.61. The van der Waals surface area contributed by atoms with Crippen molar-refractivity contribution >= 4 is 45.1 Å². The quantitative estimate of drug-likeness (QED) is 0.580. The van der Waals surface area contributed by atoms with E-state index in [1.165, 1.54) is 11.8 Å². The second-order valence-corrected chi connectivity index (χ2v) is 9.04. The second-order valence-electron chi connectivity index (χ2n) is 7.06. The van der Waals surface area contributed by atoms with E-state index in [9.17, 15) is 4.79 Å². The van der Waals surface area contributed by atoms with Gasteiger partial charge in [0.25, 0.3) is 5.91 Å². The third-order valence-electron chi connectivity index (χ3n) is 4.88. The van der Waals surface area contributed by atoms with Gasteiger partial charge in [-0.25, -0.2) is 9.97 Å². The predicted octanol–water partition coefficient (Wildman–Crippen LogP) is 4.39. The zero-order valence-corrected chi connectivity index (χ0v) is 19.0. The van der Waals surface area contributed by atoms with Crippen LogP contribution in [0.2, 0.25) is 0 Å². The number of aromatic nitrogens is 2. The van der Waals surface area contributed by atoms with Crippen LogP contribution in [0.3, 0.4) is 0 Å². The van der Waals surface area contributed by atoms with E-state index in [1.807, 2.05) is 36.4 Å². The molecule has 0 bridgehead atoms. The number of piperazine rings is 1. The molecular weight excluding hydrogens is 462 g/mol. The lowest BCUT2D eigenvalue weighted by molar-refractivity contribution is 0.102. The highest BCUT2D eigenvalue weighted by molar-refractivity contribution is 9.10. The summed E-state index contributed by atoms with van der Waals surface area (Å²) in [6, 6.07) is 15.3. The fourth-order valence-electron chi connectivity index (χ4n) is 3.14. The second kappa shape index (κ2) is 9.59. The molecule has 3 heterocycles. The average Bonchev–Trinajstić information content (AvgIpc) is 2.77. The number of pyridine rings is 2. The first-order valence-corrected chi connectivity index (χ1v) is 11.3. The molecule has 1 saturated heterocycles. The molecule has 0 saturated carbocycles. The smallest absolute Gasteiger partial charge is 0.258 e. The van der Waals surface area contributed by atoms with E-state index < -0.39 is 0 Å². The van der Waals surface area contributed by atoms with Gasteiger partial charge in [-0.2, -0.15) is 0 Å². The summed E-state index contributed by atoms with van der Waals surface area (Å²) in [7, 11) is 2.13. The molecule has 0 spiro atoms. The summed E-state index contributed by atoms with van der Waals surface area (Å²) in [5.74, 6) is 0.741. The molecule has 0 atom stereocenters. The lowest BCUT2D eigenvalue weighted by Crippen LogP contribution is -2.44. The van der Waals surface area contributed by atoms with E-state index in [2.05, 4.69) is 48.1 Å². The van der Waals surface area contributed by atoms with Crippen LogP contribution in [-0.4, -0.2) is 54.0 Å². The SMILES string of the molecule is CN1CCN(c2ccc(NC(=O)c3cccnc3Sc3ccc(Br)cc3)cn2)CC1. The number of likely N-dealkylation sites (N-methyl/N-ethyl adjacent to an activating group) is 1. The summed E-state index contributed by atoms with van der Waals surface area (Å²) in [6.07, 6.45) is 3.41. The molecule has 1 aromatic carbocycles. The number of hydrogen-bond acceptors (Lipinski definition) is 6. The number of rotatable bonds is 5. The zero-order valence-electron chi connectivity index (χ0n) is 16.6. The molecule has 0 aliphatic carbocycles. The molecule has 1 N–H and O–H groups in total. The van der Waals surface area contributed by atoms with Crippen molar-refractivity contribution in [2.24, 2.45) is 0 Å². The number of halogens is 1. The van der Waals surface area contributed by atoms with Crippen LogP contribution in [0.1, 0.15) is 10.4 Å². The lowest BCUT2D eigenvalue weighted by atomic mass is 10.2. The van der Waals surface area contributed by atoms with Crippen molar-refractivity contribution < 1.29 is 4.79 Å². The first-order valence-electron chi connectivity index (χ1n) is 9.68. The van der Waals surface area contributed by atoms with E-state index in [4.69, 9.17) is 0 Å². The van der Waals surface area contributed by atoms with E-state index in [0.29, 0.717) is 16.3 Å². The summed E-state index contributed by atoms with van der Waals surface area (Å²) in [4.78, 5) is 27.4. The van der Waals surface area contributed by atoms with Gasteiger partial charge in [0.1, 0.15) is 10.8 Å². The van der Waals surface area contributed by atoms with E-state index in [-0.39, 0.29) is 5.91 Å². The first kappa shape index (κ1) is 20.8. The summed E-state index contributed by atoms with van der Waals surface area (Å²) >= 11 is 4.90. The van der Waals surface area contributed by atoms with Crippen LogP contribution in [0, 0.1) is 0 Å². The van der Waals surface area contributed by atoms with Crippen molar-refractivity contribution in [2.75, 3.05) is 43.4 Å². The molecule has 2 aromatic heterocycles. The van der Waals surface area contributed by atoms with Gasteiger partial charge < -0.3 is 15.1 Å². The Morgan fingerprint density at radius 2 is 1.80 bits per heavy atom. The summed E-state index contributed by atoms with van der Waals surface area (Å²) < 4.78 is 1.01. The van der Waals surface area contributed by atoms with Crippen LogP contribution in [-0.2, 0) is 0 Å². The highest BCUT2D eigenvalue weighted by atomic mass is 79.9. The summed E-state index contributed by atoms with van der Waals surface area (Å²) in [5.41, 5.74) is 1.20. The van der Waals surface area contributed by atoms with Crippen molar-refractivity contribution in [3.8, 4) is 0 Å². The molecular formula is C22H22BrN5OS. The minimum absolute atomic E-state index is 0.197. The standard InChI is InChI=1S/C22H22BrN5OS/c1-27-11-13-28(14-12-27)20-9-6-17(15-25-20)26-21(29)19-3-2-10-24-22(19)30-18-7-4-16(23)5-8-18/h2-10,15H,11-14H2,1H3,(H,26,29). The van der Waals surface area contributed by atoms with Gasteiger partial charge in [0.05, 0.1) is 17.4 Å². The first-order chi connectivity index (χ1) is 14.6. The minimum atomic E-state index is -0.197. The molecule has 1 aliphatic heterocycles. The van der Waals surface area contributed by atoms with Crippen LogP contribution in [0.15, 0.2) is 75.3 Å². The molecule has 0 radical (unpaired) electrons. The van der Waals surface area contributed by atoms with Crippen LogP contribution in [0.25, 0.3) is 0 Å². The Balaban J connectivity index is 1.44. The van der Waals surface area contributed by atoms with Crippen LogP contribution < -0.4 is 10.2 Å². The monoisotopic (exact) mass is 483 g/mol. The molecule has 30 heavy (non-hydrogen) atoms. The maximum atomic E-state index is 12.9. The molecule has 1 amide bonds. The Kier molecular flexibility index (Phi) is 6.66. The third-order valence-corrected chi connectivity index (χ3v) is 6.43. The van der Waals surface area contributed by atoms with Gasteiger partial charge in [-0.05, 0) is 55.6 Å². The molecule has 8 heteroatoms. The molecule has 6 nitrogen and oxygen atoms in total. The molecule has 0 unspecified atom stereocenters. The van der Waals surface area contributed by atoms with Gasteiger partial charge in [-0.15, -0.1) is 0 Å². The Morgan fingerprint density at radius 1 is 1.03 bits per heavy atom. The van der Waals surface area contributed by atoms with Crippen LogP contribution in [0.5, 0.6) is 0 Å². The van der Waals surface area contributed by atoms with Crippen LogP contribution >= 0.6 is 27.7 Å².